The van der Waals surface area contributed by atoms with Crippen LogP contribution >= 0.6 is 0 Å². The molecule has 0 aliphatic rings. The molecular weight excluding hydrogens is 357 g/mol. The van der Waals surface area contributed by atoms with E-state index in [1.54, 1.807) is 18.2 Å². The van der Waals surface area contributed by atoms with Crippen molar-refractivity contribution < 1.29 is 18.0 Å². The number of hydrogen-bond acceptors (Lipinski definition) is 4. The molecule has 138 valence electrons. The second-order valence-electron chi connectivity index (χ2n) is 5.62. The molecule has 3 aromatic rings. The van der Waals surface area contributed by atoms with E-state index in [0.29, 0.717) is 12.0 Å². The molecule has 1 aromatic heterocycles. The Bertz CT molecular complexity index is 928. The van der Waals surface area contributed by atoms with E-state index >= 15 is 0 Å². The van der Waals surface area contributed by atoms with Gasteiger partial charge >= 0.3 is 0 Å². The molecule has 0 aliphatic heterocycles. The van der Waals surface area contributed by atoms with Crippen LogP contribution in [0.1, 0.15) is 16.1 Å². The van der Waals surface area contributed by atoms with E-state index in [-0.39, 0.29) is 29.6 Å². The van der Waals surface area contributed by atoms with Gasteiger partial charge in [-0.15, -0.1) is 10.2 Å². The molecule has 0 atom stereocenters. The number of aromatic nitrogens is 2. The van der Waals surface area contributed by atoms with E-state index in [1.165, 1.54) is 24.3 Å². The Labute approximate surface area is 153 Å². The lowest BCUT2D eigenvalue weighted by atomic mass is 10.1. The van der Waals surface area contributed by atoms with Crippen LogP contribution in [0.5, 0.6) is 0 Å². The highest BCUT2D eigenvalue weighted by molar-refractivity contribution is 5.92. The van der Waals surface area contributed by atoms with E-state index in [4.69, 9.17) is 0 Å². The Hall–Kier alpha value is -3.42. The number of anilines is 2. The molecule has 2 aromatic carbocycles. The number of benzene rings is 2. The van der Waals surface area contributed by atoms with E-state index in [1.807, 2.05) is 0 Å². The Morgan fingerprint density at radius 1 is 0.852 bits per heavy atom. The molecule has 8 heteroatoms. The molecule has 0 radical (unpaired) electrons. The SMILES string of the molecule is O=C(NCCc1ccccc1F)c1ccc(Nc2c(F)cccc2F)nn1. The molecule has 0 unspecified atom stereocenters. The van der Waals surface area contributed by atoms with Crippen molar-refractivity contribution in [3.63, 3.8) is 0 Å². The van der Waals surface area contributed by atoms with Crippen LogP contribution in [-0.2, 0) is 6.42 Å². The zero-order valence-corrected chi connectivity index (χ0v) is 14.0. The van der Waals surface area contributed by atoms with Crippen LogP contribution in [0.2, 0.25) is 0 Å². The minimum Gasteiger partial charge on any atom is -0.350 e. The molecule has 0 saturated carbocycles. The third kappa shape index (κ3) is 4.60. The van der Waals surface area contributed by atoms with Crippen molar-refractivity contribution in [1.82, 2.24) is 15.5 Å². The summed E-state index contributed by atoms with van der Waals surface area (Å²) in [5.74, 6) is -2.27. The van der Waals surface area contributed by atoms with Crippen molar-refractivity contribution in [2.45, 2.75) is 6.42 Å². The third-order valence-electron chi connectivity index (χ3n) is 3.75. The van der Waals surface area contributed by atoms with Crippen LogP contribution in [0.25, 0.3) is 0 Å². The van der Waals surface area contributed by atoms with Crippen molar-refractivity contribution in [3.8, 4) is 0 Å². The molecule has 2 N–H and O–H groups in total. The number of halogens is 3. The summed E-state index contributed by atoms with van der Waals surface area (Å²) >= 11 is 0. The number of amides is 1. The average Bonchev–Trinajstić information content (AvgIpc) is 2.67. The maximum absolute atomic E-state index is 13.6. The highest BCUT2D eigenvalue weighted by atomic mass is 19.1. The predicted molar refractivity (Wildman–Crippen MR) is 94.1 cm³/mol. The number of hydrogen-bond donors (Lipinski definition) is 2. The first-order chi connectivity index (χ1) is 13.0. The molecule has 1 amide bonds. The van der Waals surface area contributed by atoms with Gasteiger partial charge in [0.25, 0.3) is 5.91 Å². The summed E-state index contributed by atoms with van der Waals surface area (Å²) in [5, 5.41) is 12.6. The van der Waals surface area contributed by atoms with Gasteiger partial charge in [-0.2, -0.15) is 0 Å². The summed E-state index contributed by atoms with van der Waals surface area (Å²) in [4.78, 5) is 12.0. The van der Waals surface area contributed by atoms with E-state index < -0.39 is 17.5 Å². The Morgan fingerprint density at radius 2 is 1.56 bits per heavy atom. The summed E-state index contributed by atoms with van der Waals surface area (Å²) < 4.78 is 40.7. The fourth-order valence-corrected chi connectivity index (χ4v) is 2.37. The first-order valence-electron chi connectivity index (χ1n) is 8.11. The molecule has 0 spiro atoms. The summed E-state index contributed by atoms with van der Waals surface area (Å²) in [7, 11) is 0. The Kier molecular flexibility index (Phi) is 5.65. The van der Waals surface area contributed by atoms with Gasteiger partial charge in [0.15, 0.2) is 11.5 Å². The topological polar surface area (TPSA) is 66.9 Å². The van der Waals surface area contributed by atoms with E-state index in [0.717, 1.165) is 12.1 Å². The fourth-order valence-electron chi connectivity index (χ4n) is 2.37. The summed E-state index contributed by atoms with van der Waals surface area (Å²) in [6.45, 7) is 0.224. The van der Waals surface area contributed by atoms with Crippen LogP contribution < -0.4 is 10.6 Å². The molecule has 0 fully saturated rings. The van der Waals surface area contributed by atoms with Gasteiger partial charge in [0.1, 0.15) is 23.1 Å². The molecule has 0 bridgehead atoms. The lowest BCUT2D eigenvalue weighted by molar-refractivity contribution is 0.0948. The van der Waals surface area contributed by atoms with Gasteiger partial charge in [-0.05, 0) is 42.3 Å². The summed E-state index contributed by atoms with van der Waals surface area (Å²) in [5.41, 5.74) is 0.173. The lowest BCUT2D eigenvalue weighted by Gasteiger charge is -2.08. The minimum atomic E-state index is -0.772. The second-order valence-corrected chi connectivity index (χ2v) is 5.62. The van der Waals surface area contributed by atoms with Crippen molar-refractivity contribution >= 4 is 17.4 Å². The zero-order valence-electron chi connectivity index (χ0n) is 14.0. The van der Waals surface area contributed by atoms with Crippen LogP contribution in [0.15, 0.2) is 54.6 Å². The van der Waals surface area contributed by atoms with E-state index in [9.17, 15) is 18.0 Å². The summed E-state index contributed by atoms with van der Waals surface area (Å²) in [6.07, 6.45) is 0.331. The highest BCUT2D eigenvalue weighted by Gasteiger charge is 2.11. The Balaban J connectivity index is 1.58. The quantitative estimate of drug-likeness (QED) is 0.694. The number of nitrogens with one attached hydrogen (secondary N) is 2. The van der Waals surface area contributed by atoms with Gasteiger partial charge in [-0.1, -0.05) is 24.3 Å². The number of carbonyl (C=O) groups excluding carboxylic acids is 1. The van der Waals surface area contributed by atoms with Crippen LogP contribution in [0.4, 0.5) is 24.7 Å². The van der Waals surface area contributed by atoms with Crippen LogP contribution in [0, 0.1) is 17.5 Å². The molecule has 0 aliphatic carbocycles. The maximum Gasteiger partial charge on any atom is 0.271 e. The highest BCUT2D eigenvalue weighted by Crippen LogP contribution is 2.21. The third-order valence-corrected chi connectivity index (χ3v) is 3.75. The monoisotopic (exact) mass is 372 g/mol. The first kappa shape index (κ1) is 18.4. The van der Waals surface area contributed by atoms with Gasteiger partial charge in [-0.3, -0.25) is 4.79 Å². The molecule has 1 heterocycles. The Morgan fingerprint density at radius 3 is 2.22 bits per heavy atom. The van der Waals surface area contributed by atoms with Gasteiger partial charge in [0.05, 0.1) is 0 Å². The van der Waals surface area contributed by atoms with Crippen molar-refractivity contribution in [2.75, 3.05) is 11.9 Å². The van der Waals surface area contributed by atoms with E-state index in [2.05, 4.69) is 20.8 Å². The lowest BCUT2D eigenvalue weighted by Crippen LogP contribution is -2.27. The summed E-state index contributed by atoms with van der Waals surface area (Å²) in [6, 6.07) is 12.5. The van der Waals surface area contributed by atoms with Crippen LogP contribution in [-0.4, -0.2) is 22.6 Å². The van der Waals surface area contributed by atoms with Crippen LogP contribution in [0.3, 0.4) is 0 Å². The zero-order chi connectivity index (χ0) is 19.2. The van der Waals surface area contributed by atoms with Gasteiger partial charge in [0.2, 0.25) is 0 Å². The van der Waals surface area contributed by atoms with Crippen molar-refractivity contribution in [1.29, 1.82) is 0 Å². The van der Waals surface area contributed by atoms with Gasteiger partial charge in [0, 0.05) is 6.54 Å². The first-order valence-corrected chi connectivity index (χ1v) is 8.11. The van der Waals surface area contributed by atoms with Crippen molar-refractivity contribution in [2.24, 2.45) is 0 Å². The molecule has 3 rings (SSSR count). The predicted octanol–water partition coefficient (Wildman–Crippen LogP) is 3.61. The average molecular weight is 372 g/mol. The molecule has 0 saturated heterocycles. The number of rotatable bonds is 6. The maximum atomic E-state index is 13.6. The molecule has 27 heavy (non-hydrogen) atoms. The number of para-hydroxylation sites is 1. The number of carbonyl (C=O) groups is 1. The standard InChI is InChI=1S/C19H15F3N4O/c20-13-5-2-1-4-12(13)10-11-23-19(27)16-8-9-17(26-25-16)24-18-14(21)6-3-7-15(18)22/h1-9H,10-11H2,(H,23,27)(H,24,26). The normalized spacial score (nSPS) is 10.5. The smallest absolute Gasteiger partial charge is 0.271 e. The van der Waals surface area contributed by atoms with Gasteiger partial charge < -0.3 is 10.6 Å². The molecular formula is C19H15F3N4O. The minimum absolute atomic E-state index is 0.0306. The molecule has 5 nitrogen and oxygen atoms in total. The largest absolute Gasteiger partial charge is 0.350 e. The second kappa shape index (κ2) is 8.31. The van der Waals surface area contributed by atoms with Crippen molar-refractivity contribution in [3.05, 3.63) is 83.3 Å². The van der Waals surface area contributed by atoms with Gasteiger partial charge in [-0.25, -0.2) is 13.2 Å². The fraction of sp³-hybridized carbons (Fsp3) is 0.105. The number of nitrogens with zero attached hydrogens (tertiary/aromatic N) is 2.